The lowest BCUT2D eigenvalue weighted by atomic mass is 10.0. The molecule has 2 aromatic carbocycles. The maximum atomic E-state index is 14.4. The van der Waals surface area contributed by atoms with Crippen molar-refractivity contribution < 1.29 is 13.9 Å². The van der Waals surface area contributed by atoms with Gasteiger partial charge in [-0.15, -0.1) is 0 Å². The van der Waals surface area contributed by atoms with E-state index in [0.29, 0.717) is 24.0 Å². The van der Waals surface area contributed by atoms with Gasteiger partial charge in [0.25, 0.3) is 0 Å². The van der Waals surface area contributed by atoms with Crippen molar-refractivity contribution in [1.29, 1.82) is 0 Å². The molecule has 0 fully saturated rings. The Labute approximate surface area is 181 Å². The molecule has 0 aliphatic carbocycles. The molecule has 2 rings (SSSR count). The summed E-state index contributed by atoms with van der Waals surface area (Å²) in [4.78, 5) is 0. The summed E-state index contributed by atoms with van der Waals surface area (Å²) in [7, 11) is 0. The van der Waals surface area contributed by atoms with Crippen molar-refractivity contribution >= 4 is 6.08 Å². The molecule has 0 N–H and O–H groups in total. The van der Waals surface area contributed by atoms with E-state index in [1.165, 1.54) is 18.9 Å². The third kappa shape index (κ3) is 8.54. The van der Waals surface area contributed by atoms with E-state index in [-0.39, 0.29) is 5.82 Å². The Kier molecular flexibility index (Phi) is 11.0. The Hall–Kier alpha value is -2.39. The second-order valence-corrected chi connectivity index (χ2v) is 7.59. The van der Waals surface area contributed by atoms with Gasteiger partial charge < -0.3 is 9.47 Å². The standard InChI is InChI=1S/C27H35FO2/c1-4-6-10-20-29-22(3)11-8-7-9-12-23-13-15-24(16-14-23)26-18-17-25(21-27(26)28)30-19-5-2/h5,9,12-18,21-22H,2,4,6-8,10-11,19-20H2,1,3H3/b12-9+. The van der Waals surface area contributed by atoms with Gasteiger partial charge in [-0.05, 0) is 55.9 Å². The van der Waals surface area contributed by atoms with Gasteiger partial charge in [-0.25, -0.2) is 4.39 Å². The molecule has 0 bridgehead atoms. The maximum absolute atomic E-state index is 14.4. The summed E-state index contributed by atoms with van der Waals surface area (Å²) in [6.07, 6.45) is 13.2. The van der Waals surface area contributed by atoms with Crippen LogP contribution in [0.2, 0.25) is 0 Å². The number of hydrogen-bond donors (Lipinski definition) is 0. The molecule has 0 aliphatic heterocycles. The van der Waals surface area contributed by atoms with Crippen LogP contribution in [-0.4, -0.2) is 19.3 Å². The van der Waals surface area contributed by atoms with Crippen molar-refractivity contribution in [2.75, 3.05) is 13.2 Å². The number of ether oxygens (including phenoxy) is 2. The molecule has 3 heteroatoms. The number of benzene rings is 2. The summed E-state index contributed by atoms with van der Waals surface area (Å²) in [6, 6.07) is 12.9. The lowest BCUT2D eigenvalue weighted by molar-refractivity contribution is 0.0566. The van der Waals surface area contributed by atoms with Crippen molar-refractivity contribution in [3.63, 3.8) is 0 Å². The van der Waals surface area contributed by atoms with E-state index in [9.17, 15) is 4.39 Å². The van der Waals surface area contributed by atoms with Gasteiger partial charge >= 0.3 is 0 Å². The molecule has 0 aromatic heterocycles. The largest absolute Gasteiger partial charge is 0.489 e. The molecular formula is C27H35FO2. The van der Waals surface area contributed by atoms with E-state index in [1.807, 2.05) is 24.3 Å². The van der Waals surface area contributed by atoms with Crippen LogP contribution in [0.25, 0.3) is 17.2 Å². The van der Waals surface area contributed by atoms with Crippen molar-refractivity contribution in [3.05, 3.63) is 72.6 Å². The van der Waals surface area contributed by atoms with Gasteiger partial charge in [-0.1, -0.05) is 68.8 Å². The molecule has 162 valence electrons. The van der Waals surface area contributed by atoms with E-state index in [4.69, 9.17) is 9.47 Å². The lowest BCUT2D eigenvalue weighted by Crippen LogP contribution is -2.08. The number of allylic oxidation sites excluding steroid dienone is 1. The monoisotopic (exact) mass is 410 g/mol. The van der Waals surface area contributed by atoms with E-state index in [0.717, 1.165) is 43.4 Å². The third-order valence-electron chi connectivity index (χ3n) is 4.97. The molecule has 0 saturated carbocycles. The average molecular weight is 411 g/mol. The van der Waals surface area contributed by atoms with Gasteiger partial charge in [0.05, 0.1) is 6.10 Å². The molecule has 2 nitrogen and oxygen atoms in total. The van der Waals surface area contributed by atoms with Crippen LogP contribution in [0, 0.1) is 5.82 Å². The van der Waals surface area contributed by atoms with Crippen molar-refractivity contribution in [3.8, 4) is 16.9 Å². The Balaban J connectivity index is 1.78. The predicted molar refractivity (Wildman–Crippen MR) is 125 cm³/mol. The van der Waals surface area contributed by atoms with Gasteiger partial charge in [-0.2, -0.15) is 0 Å². The fourth-order valence-electron chi connectivity index (χ4n) is 3.21. The maximum Gasteiger partial charge on any atom is 0.134 e. The molecule has 0 amide bonds. The Morgan fingerprint density at radius 2 is 1.87 bits per heavy atom. The molecule has 1 atom stereocenters. The summed E-state index contributed by atoms with van der Waals surface area (Å²) in [5.74, 6) is 0.224. The first kappa shape index (κ1) is 23.9. The zero-order valence-electron chi connectivity index (χ0n) is 18.4. The third-order valence-corrected chi connectivity index (χ3v) is 4.97. The molecule has 30 heavy (non-hydrogen) atoms. The molecule has 0 spiro atoms. The Morgan fingerprint density at radius 3 is 2.57 bits per heavy atom. The highest BCUT2D eigenvalue weighted by Crippen LogP contribution is 2.27. The minimum atomic E-state index is -0.286. The SMILES string of the molecule is C=CCOc1ccc(-c2ccc(/C=C/CCCC(C)OCCCCC)cc2)c(F)c1. The topological polar surface area (TPSA) is 18.5 Å². The molecule has 1 unspecified atom stereocenters. The van der Waals surface area contributed by atoms with Crippen LogP contribution in [0.5, 0.6) is 5.75 Å². The second kappa shape index (κ2) is 13.8. The Bertz CT molecular complexity index is 780. The second-order valence-electron chi connectivity index (χ2n) is 7.59. The molecule has 0 aliphatic rings. The van der Waals surface area contributed by atoms with Crippen molar-refractivity contribution in [2.24, 2.45) is 0 Å². The van der Waals surface area contributed by atoms with Crippen LogP contribution in [0.4, 0.5) is 4.39 Å². The summed E-state index contributed by atoms with van der Waals surface area (Å²) >= 11 is 0. The highest BCUT2D eigenvalue weighted by atomic mass is 19.1. The summed E-state index contributed by atoms with van der Waals surface area (Å²) in [5, 5.41) is 0. The van der Waals surface area contributed by atoms with Crippen molar-refractivity contribution in [2.45, 2.75) is 58.5 Å². The predicted octanol–water partition coefficient (Wildman–Crippen LogP) is 7.84. The van der Waals surface area contributed by atoms with Crippen LogP contribution in [0.15, 0.2) is 61.2 Å². The van der Waals surface area contributed by atoms with Crippen LogP contribution in [0.1, 0.15) is 57.9 Å². The zero-order chi connectivity index (χ0) is 21.6. The molecule has 0 heterocycles. The molecule has 2 aromatic rings. The summed E-state index contributed by atoms with van der Waals surface area (Å²) in [5.41, 5.74) is 2.55. The fourth-order valence-corrected chi connectivity index (χ4v) is 3.21. The van der Waals surface area contributed by atoms with Gasteiger partial charge in [-0.3, -0.25) is 0 Å². The van der Waals surface area contributed by atoms with Crippen LogP contribution < -0.4 is 4.74 Å². The normalized spacial score (nSPS) is 12.2. The highest BCUT2D eigenvalue weighted by molar-refractivity contribution is 5.67. The summed E-state index contributed by atoms with van der Waals surface area (Å²) < 4.78 is 25.6. The van der Waals surface area contributed by atoms with Gasteiger partial charge in [0, 0.05) is 18.2 Å². The van der Waals surface area contributed by atoms with Crippen LogP contribution in [0.3, 0.4) is 0 Å². The smallest absolute Gasteiger partial charge is 0.134 e. The van der Waals surface area contributed by atoms with Crippen LogP contribution in [-0.2, 0) is 4.74 Å². The first-order valence-electron chi connectivity index (χ1n) is 11.1. The zero-order valence-corrected chi connectivity index (χ0v) is 18.4. The lowest BCUT2D eigenvalue weighted by Gasteiger charge is -2.12. The van der Waals surface area contributed by atoms with Gasteiger partial charge in [0.1, 0.15) is 18.2 Å². The van der Waals surface area contributed by atoms with E-state index in [2.05, 4.69) is 32.6 Å². The van der Waals surface area contributed by atoms with Gasteiger partial charge in [0.15, 0.2) is 0 Å². The first-order valence-corrected chi connectivity index (χ1v) is 11.1. The van der Waals surface area contributed by atoms with E-state index in [1.54, 1.807) is 18.2 Å². The summed E-state index contributed by atoms with van der Waals surface area (Å²) in [6.45, 7) is 9.21. The quantitative estimate of drug-likeness (QED) is 0.233. The minimum absolute atomic E-state index is 0.286. The number of unbranched alkanes of at least 4 members (excludes halogenated alkanes) is 3. The van der Waals surface area contributed by atoms with Crippen LogP contribution >= 0.6 is 0 Å². The highest BCUT2D eigenvalue weighted by Gasteiger charge is 2.07. The Morgan fingerprint density at radius 1 is 1.07 bits per heavy atom. The molecular weight excluding hydrogens is 375 g/mol. The first-order chi connectivity index (χ1) is 14.6. The van der Waals surface area contributed by atoms with Crippen molar-refractivity contribution in [1.82, 2.24) is 0 Å². The number of rotatable bonds is 14. The average Bonchev–Trinajstić information content (AvgIpc) is 2.76. The number of halogens is 1. The van der Waals surface area contributed by atoms with E-state index >= 15 is 0 Å². The van der Waals surface area contributed by atoms with Gasteiger partial charge in [0.2, 0.25) is 0 Å². The molecule has 0 saturated heterocycles. The molecule has 0 radical (unpaired) electrons. The minimum Gasteiger partial charge on any atom is -0.489 e. The fraction of sp³-hybridized carbons (Fsp3) is 0.407. The van der Waals surface area contributed by atoms with E-state index < -0.39 is 0 Å². The number of hydrogen-bond acceptors (Lipinski definition) is 2.